The molecule has 0 aliphatic heterocycles. The second-order valence-electron chi connectivity index (χ2n) is 14.9. The number of halogens is 6. The first-order valence-electron chi connectivity index (χ1n) is 21.4. The number of sulfonamides is 1. The number of aliphatic hydroxyl groups excluding tert-OH is 2. The Hall–Kier alpha value is -5.88. The maximum Gasteiger partial charge on any atom is 1.00 e. The zero-order valence-electron chi connectivity index (χ0n) is 42.0. The van der Waals surface area contributed by atoms with E-state index in [-0.39, 0.29) is 95.8 Å². The number of rotatable bonds is 11. The molecule has 29 heteroatoms. The number of phenols is 2. The summed E-state index contributed by atoms with van der Waals surface area (Å²) in [6.07, 6.45) is 0.126. The SMILES string of the molecule is C.CCOC(=O)Cc1ccccc1O.CN(c1ccccc1)S(=O)(=O)C(F)(F)F.COC(=O)c1cc(OC(C)=O)c2sccc2c1.O=S(=O)(Oc1cc(CO)cc2ccsc12)C(F)(F)F.OCc1cc(O)c2sccc2c1.[AlH3].[H-].[Li+]. The molecule has 0 saturated carbocycles. The zero-order chi connectivity index (χ0) is 56.6. The number of para-hydroxylation sites is 2. The summed E-state index contributed by atoms with van der Waals surface area (Å²) in [5.41, 5.74) is -8.83. The molecule has 0 radical (unpaired) electrons. The molecule has 16 nitrogen and oxygen atoms in total. The van der Waals surface area contributed by atoms with E-state index in [1.54, 1.807) is 66.9 Å². The average Bonchev–Trinajstić information content (AvgIpc) is 4.17. The number of ether oxygens (including phenoxy) is 3. The van der Waals surface area contributed by atoms with Crippen molar-refractivity contribution in [1.82, 2.24) is 0 Å². The number of phenolic OH excluding ortho intramolecular Hbond substituents is 2. The van der Waals surface area contributed by atoms with Gasteiger partial charge in [-0.05, 0) is 123 Å². The smallest absolute Gasteiger partial charge is 1.00 e. The van der Waals surface area contributed by atoms with Crippen molar-refractivity contribution in [2.24, 2.45) is 0 Å². The fourth-order valence-corrected chi connectivity index (χ4v) is 9.80. The Morgan fingerprint density at radius 3 is 1.66 bits per heavy atom. The zero-order valence-corrected chi connectivity index (χ0v) is 45.1. The first-order valence-corrected chi connectivity index (χ1v) is 26.9. The van der Waals surface area contributed by atoms with Gasteiger partial charge < -0.3 is 40.2 Å². The first-order chi connectivity index (χ1) is 35.7. The molecule has 3 aromatic heterocycles. The molecule has 0 aliphatic carbocycles. The quantitative estimate of drug-likeness (QED) is 0.0247. The minimum Gasteiger partial charge on any atom is -1.00 e. The summed E-state index contributed by atoms with van der Waals surface area (Å²) in [7, 11) is -8.85. The van der Waals surface area contributed by atoms with Gasteiger partial charge in [0.05, 0.1) is 58.7 Å². The Balaban J connectivity index is 0.000000971. The molecular weight excluding hydrogens is 1160 g/mol. The van der Waals surface area contributed by atoms with E-state index < -0.39 is 55.5 Å². The van der Waals surface area contributed by atoms with E-state index in [0.717, 1.165) is 50.2 Å². The Bertz CT molecular complexity index is 3490. The molecule has 0 fully saturated rings. The molecule has 0 unspecified atom stereocenters. The van der Waals surface area contributed by atoms with Crippen LogP contribution in [0.2, 0.25) is 0 Å². The van der Waals surface area contributed by atoms with E-state index in [9.17, 15) is 67.8 Å². The van der Waals surface area contributed by atoms with Crippen LogP contribution in [0.5, 0.6) is 23.0 Å². The molecular formula is C50H53AlF6LiNO15S5. The van der Waals surface area contributed by atoms with Crippen LogP contribution in [-0.2, 0) is 58.8 Å². The Kier molecular flexibility index (Phi) is 28.6. The third kappa shape index (κ3) is 20.0. The van der Waals surface area contributed by atoms with Crippen LogP contribution in [0.3, 0.4) is 0 Å². The number of esters is 3. The van der Waals surface area contributed by atoms with Crippen LogP contribution in [0.25, 0.3) is 30.3 Å². The minimum absolute atomic E-state index is 0. The van der Waals surface area contributed by atoms with Crippen molar-refractivity contribution < 1.29 is 117 Å². The van der Waals surface area contributed by atoms with Crippen molar-refractivity contribution in [3.8, 4) is 23.0 Å². The van der Waals surface area contributed by atoms with Gasteiger partial charge in [-0.2, -0.15) is 43.2 Å². The number of thiophene rings is 3. The molecule has 5 aromatic carbocycles. The fraction of sp³-hybridized carbons (Fsp3) is 0.220. The monoisotopic (exact) mass is 1220 g/mol. The van der Waals surface area contributed by atoms with Crippen molar-refractivity contribution in [1.29, 1.82) is 0 Å². The summed E-state index contributed by atoms with van der Waals surface area (Å²) in [6.45, 7) is 2.98. The third-order valence-corrected chi connectivity index (χ3v) is 14.9. The third-order valence-electron chi connectivity index (χ3n) is 9.61. The Labute approximate surface area is 486 Å². The van der Waals surface area contributed by atoms with Crippen LogP contribution in [0.15, 0.2) is 125 Å². The number of methoxy groups -OCH3 is 1. The van der Waals surface area contributed by atoms with Crippen LogP contribution in [0.1, 0.15) is 49.7 Å². The van der Waals surface area contributed by atoms with E-state index in [4.69, 9.17) is 19.7 Å². The van der Waals surface area contributed by atoms with Gasteiger partial charge in [0.25, 0.3) is 0 Å². The number of alkyl halides is 6. The van der Waals surface area contributed by atoms with Gasteiger partial charge in [0.15, 0.2) is 23.1 Å². The topological polar surface area (TPSA) is 241 Å². The molecule has 8 aromatic rings. The maximum absolute atomic E-state index is 12.3. The number of aliphatic hydroxyl groups is 2. The largest absolute Gasteiger partial charge is 1.00 e. The summed E-state index contributed by atoms with van der Waals surface area (Å²) < 4.78 is 138. The van der Waals surface area contributed by atoms with Crippen LogP contribution in [0, 0.1) is 0 Å². The predicted octanol–water partition coefficient (Wildman–Crippen LogP) is 7.37. The van der Waals surface area contributed by atoms with Crippen molar-refractivity contribution >= 4 is 125 Å². The van der Waals surface area contributed by atoms with E-state index in [2.05, 4.69) is 8.92 Å². The predicted molar refractivity (Wildman–Crippen MR) is 293 cm³/mol. The molecule has 79 heavy (non-hydrogen) atoms. The average molecular weight is 1220 g/mol. The second-order valence-corrected chi connectivity index (χ2v) is 21.2. The van der Waals surface area contributed by atoms with Crippen molar-refractivity contribution in [3.63, 3.8) is 0 Å². The van der Waals surface area contributed by atoms with E-state index in [1.807, 2.05) is 29.0 Å². The van der Waals surface area contributed by atoms with Gasteiger partial charge in [0, 0.05) is 19.5 Å². The van der Waals surface area contributed by atoms with Gasteiger partial charge in [-0.25, -0.2) is 4.79 Å². The molecule has 0 amide bonds. The van der Waals surface area contributed by atoms with E-state index >= 15 is 0 Å². The molecule has 4 N–H and O–H groups in total. The number of hydrogen-bond acceptors (Lipinski definition) is 18. The normalized spacial score (nSPS) is 10.9. The first kappa shape index (κ1) is 71.1. The summed E-state index contributed by atoms with van der Waals surface area (Å²) in [4.78, 5) is 33.5. The molecule has 0 aliphatic rings. The van der Waals surface area contributed by atoms with Gasteiger partial charge in [0.2, 0.25) is 0 Å². The van der Waals surface area contributed by atoms with Crippen molar-refractivity contribution in [2.75, 3.05) is 25.1 Å². The van der Waals surface area contributed by atoms with Gasteiger partial charge in [-0.3, -0.25) is 13.9 Å². The summed E-state index contributed by atoms with van der Waals surface area (Å²) in [6, 6.07) is 28.5. The van der Waals surface area contributed by atoms with Gasteiger partial charge >= 0.3 is 67.9 Å². The van der Waals surface area contributed by atoms with E-state index in [0.29, 0.717) is 28.9 Å². The van der Waals surface area contributed by atoms with Gasteiger partial charge in [0.1, 0.15) is 17.2 Å². The molecule has 0 atom stereocenters. The van der Waals surface area contributed by atoms with Crippen LogP contribution < -0.4 is 32.1 Å². The number of anilines is 1. The van der Waals surface area contributed by atoms with Crippen LogP contribution in [0.4, 0.5) is 32.0 Å². The van der Waals surface area contributed by atoms with Crippen molar-refractivity contribution in [3.05, 3.63) is 148 Å². The fourth-order valence-electron chi connectivity index (χ4n) is 6.12. The number of carbonyl (C=O) groups excluding carboxylic acids is 3. The number of aromatic hydroxyl groups is 2. The number of fused-ring (bicyclic) bond motifs is 3. The van der Waals surface area contributed by atoms with Gasteiger partial charge in [-0.1, -0.05) is 43.8 Å². The summed E-state index contributed by atoms with van der Waals surface area (Å²) in [5, 5.41) is 44.4. The van der Waals surface area contributed by atoms with Gasteiger partial charge in [-0.15, -0.1) is 34.0 Å². The summed E-state index contributed by atoms with van der Waals surface area (Å²) >= 11 is 4.00. The maximum atomic E-state index is 12.3. The molecule has 3 heterocycles. The minimum atomic E-state index is -5.72. The molecule has 0 saturated heterocycles. The molecule has 0 bridgehead atoms. The molecule has 8 rings (SSSR count). The summed E-state index contributed by atoms with van der Waals surface area (Å²) in [5.74, 6) is -0.835. The van der Waals surface area contributed by atoms with Crippen molar-refractivity contribution in [2.45, 2.75) is 51.9 Å². The molecule has 0 spiro atoms. The van der Waals surface area contributed by atoms with Crippen LogP contribution in [-0.4, -0.2) is 104 Å². The Morgan fingerprint density at radius 1 is 0.671 bits per heavy atom. The number of hydrogen-bond donors (Lipinski definition) is 4. The number of carbonyl (C=O) groups is 3. The van der Waals surface area contributed by atoms with E-state index in [1.165, 1.54) is 67.0 Å². The standard InChI is InChI=1S/C12H10O4S.C10H7F3O4S2.C10H12O3.C9H8O2S.C8H8F3NO2S.CH4.Al.Li.4H/c1-7(13)16-10-6-9(12(14)15-2)5-8-3-4-17-11(8)10;11-10(12,13)19(15,16)17-8-4-6(5-14)3-7-1-2-18-9(7)8;1-2-13-10(12)7-8-5-3-4-6-9(8)11;10-5-6-3-7-1-2-12-9(7)8(11)4-6;1-12(7-5-3-2-4-6-7)15(13,14)8(9,10)11;;;;;;;/h3-6H,1-2H3;1-4,14H,5H2;3-6,11H,2,7H2,1H3;1-4,10-11H,5H2;2-6H,1H3;1H4;;;;;;/q;;;;;;;+1;;;;-1. The second kappa shape index (κ2) is 31.8. The number of benzene rings is 5. The van der Waals surface area contributed by atoms with Crippen LogP contribution >= 0.6 is 34.0 Å². The Morgan fingerprint density at radius 2 is 1.16 bits per heavy atom. The molecule has 424 valence electrons. The number of nitrogens with zero attached hydrogens (tertiary/aromatic N) is 1.